The lowest BCUT2D eigenvalue weighted by Gasteiger charge is -2.22. The van der Waals surface area contributed by atoms with E-state index in [9.17, 15) is 0 Å². The lowest BCUT2D eigenvalue weighted by atomic mass is 9.81. The quantitative estimate of drug-likeness (QED) is 0.152. The van der Waals surface area contributed by atoms with Gasteiger partial charge in [0.15, 0.2) is 5.82 Å². The summed E-state index contributed by atoms with van der Waals surface area (Å²) in [7, 11) is 0. The molecule has 0 saturated carbocycles. The topological polar surface area (TPSA) is 48.5 Å². The highest BCUT2D eigenvalue weighted by Gasteiger charge is 2.37. The van der Waals surface area contributed by atoms with E-state index < -0.39 is 0 Å². The Bertz CT molecular complexity index is 5050. The van der Waals surface area contributed by atoms with Crippen molar-refractivity contribution < 1.29 is 0 Å². The Labute approximate surface area is 499 Å². The molecule has 0 atom stereocenters. The van der Waals surface area contributed by atoms with Gasteiger partial charge in [-0.1, -0.05) is 252 Å². The fourth-order valence-electron chi connectivity index (χ4n) is 14.5. The van der Waals surface area contributed by atoms with Crippen molar-refractivity contribution in [1.82, 2.24) is 24.1 Å². The molecule has 15 aromatic rings. The molecule has 3 aromatic heterocycles. The third-order valence-corrected chi connectivity index (χ3v) is 18.8. The first-order valence-electron chi connectivity index (χ1n) is 29.8. The first kappa shape index (κ1) is 49.8. The molecule has 3 heterocycles. The first-order valence-corrected chi connectivity index (χ1v) is 29.8. The fourth-order valence-corrected chi connectivity index (χ4v) is 14.5. The number of benzene rings is 12. The van der Waals surface area contributed by atoms with Gasteiger partial charge in [-0.2, -0.15) is 15.0 Å². The number of hydrogen-bond acceptors (Lipinski definition) is 3. The molecule has 0 amide bonds. The molecular weight excluding hydrogens is 1040 g/mol. The Hall–Kier alpha value is -10.8. The number of aromatic nitrogens is 5. The van der Waals surface area contributed by atoms with Crippen LogP contribution in [0.1, 0.15) is 49.9 Å². The average molecular weight is 1100 g/mol. The Morgan fingerprint density at radius 1 is 0.233 bits per heavy atom. The summed E-state index contributed by atoms with van der Waals surface area (Å²) in [5, 5.41) is 4.50. The molecule has 0 aliphatic heterocycles. The van der Waals surface area contributed by atoms with Crippen LogP contribution in [0.15, 0.2) is 273 Å². The summed E-state index contributed by atoms with van der Waals surface area (Å²) in [6, 6.07) is 99.7. The largest absolute Gasteiger partial charge is 0.278 e. The minimum Gasteiger partial charge on any atom is -0.278 e. The van der Waals surface area contributed by atoms with E-state index in [1.165, 1.54) is 72.3 Å². The van der Waals surface area contributed by atoms with Crippen molar-refractivity contribution in [3.05, 3.63) is 295 Å². The Kier molecular flexibility index (Phi) is 10.9. The number of nitrogens with zero attached hydrogens (tertiary/aromatic N) is 5. The van der Waals surface area contributed by atoms with Crippen LogP contribution in [0.4, 0.5) is 0 Å². The first-order chi connectivity index (χ1) is 42.1. The van der Waals surface area contributed by atoms with Crippen molar-refractivity contribution in [2.24, 2.45) is 0 Å². The zero-order valence-corrected chi connectivity index (χ0v) is 48.2. The summed E-state index contributed by atoms with van der Waals surface area (Å²) >= 11 is 0. The van der Waals surface area contributed by atoms with Gasteiger partial charge in [0.25, 0.3) is 0 Å². The van der Waals surface area contributed by atoms with Gasteiger partial charge >= 0.3 is 0 Å². The van der Waals surface area contributed by atoms with Gasteiger partial charge in [0.1, 0.15) is 0 Å². The van der Waals surface area contributed by atoms with E-state index in [1.807, 2.05) is 0 Å². The minimum absolute atomic E-state index is 0.135. The molecule has 0 N–H and O–H groups in total. The van der Waals surface area contributed by atoms with Crippen molar-refractivity contribution >= 4 is 43.6 Å². The van der Waals surface area contributed by atoms with Crippen molar-refractivity contribution in [2.75, 3.05) is 0 Å². The van der Waals surface area contributed by atoms with Crippen molar-refractivity contribution in [1.29, 1.82) is 0 Å². The van der Waals surface area contributed by atoms with Gasteiger partial charge in [-0.3, -0.25) is 9.13 Å². The van der Waals surface area contributed by atoms with Gasteiger partial charge in [-0.15, -0.1) is 0 Å². The third kappa shape index (κ3) is 7.60. The van der Waals surface area contributed by atoms with Crippen LogP contribution < -0.4 is 0 Å². The van der Waals surface area contributed by atoms with E-state index in [4.69, 9.17) is 15.0 Å². The number of rotatable bonds is 8. The summed E-state index contributed by atoms with van der Waals surface area (Å²) in [5.74, 6) is 1.64. The average Bonchev–Trinajstić information content (AvgIpc) is 2.82. The molecule has 17 rings (SSSR count). The minimum atomic E-state index is -0.135. The standard InChI is InChI=1S/C81H57N5/c1-80(2)69-30-15-11-26-60(69)62-40-35-54(46-71(62)80)56-37-42-66-64-28-13-17-32-73(64)85(75(66)48-56)78-82-77(58-25-19-24-52(44-58)53-34-39-59(50-20-7-5-8-21-50)68(45-53)51-22-9-6-10-23-51)83-79(84-78)86-74-33-18-14-29-65(74)67-43-38-57(49-76(67)86)55-36-41-63-61-27-12-16-31-70(61)81(3,4)72(63)47-55/h5-49H,1-4H3. The normalized spacial score (nSPS) is 13.5. The number of para-hydroxylation sites is 2. The van der Waals surface area contributed by atoms with E-state index in [0.717, 1.165) is 77.0 Å². The molecule has 0 bridgehead atoms. The van der Waals surface area contributed by atoms with Gasteiger partial charge in [0, 0.05) is 37.9 Å². The van der Waals surface area contributed by atoms with E-state index in [0.29, 0.717) is 17.7 Å². The van der Waals surface area contributed by atoms with Gasteiger partial charge < -0.3 is 0 Å². The van der Waals surface area contributed by atoms with Crippen LogP contribution in [-0.4, -0.2) is 24.1 Å². The van der Waals surface area contributed by atoms with E-state index in [1.54, 1.807) is 0 Å². The Morgan fingerprint density at radius 3 is 1.14 bits per heavy atom. The second kappa shape index (κ2) is 18.9. The summed E-state index contributed by atoms with van der Waals surface area (Å²) in [6.07, 6.45) is 0. The maximum absolute atomic E-state index is 5.70. The van der Waals surface area contributed by atoms with Gasteiger partial charge in [0.05, 0.1) is 22.1 Å². The Balaban J connectivity index is 0.880. The summed E-state index contributed by atoms with van der Waals surface area (Å²) in [4.78, 5) is 16.9. The molecule has 406 valence electrons. The second-order valence-electron chi connectivity index (χ2n) is 24.4. The molecule has 2 aliphatic rings. The lowest BCUT2D eigenvalue weighted by Crippen LogP contribution is -2.14. The highest BCUT2D eigenvalue weighted by molar-refractivity contribution is 6.11. The number of hydrogen-bond donors (Lipinski definition) is 0. The summed E-state index contributed by atoms with van der Waals surface area (Å²) in [6.45, 7) is 9.40. The molecule has 0 unspecified atom stereocenters. The van der Waals surface area contributed by atoms with Gasteiger partial charge in [-0.05, 0) is 149 Å². The predicted octanol–water partition coefficient (Wildman–Crippen LogP) is 20.7. The van der Waals surface area contributed by atoms with Crippen LogP contribution in [0.5, 0.6) is 0 Å². The summed E-state index contributed by atoms with van der Waals surface area (Å²) < 4.78 is 4.52. The van der Waals surface area contributed by atoms with Crippen molar-refractivity contribution in [3.8, 4) is 101 Å². The van der Waals surface area contributed by atoms with Gasteiger partial charge in [0.2, 0.25) is 11.9 Å². The zero-order valence-electron chi connectivity index (χ0n) is 48.2. The van der Waals surface area contributed by atoms with Crippen LogP contribution >= 0.6 is 0 Å². The summed E-state index contributed by atoms with van der Waals surface area (Å²) in [5.41, 5.74) is 26.8. The van der Waals surface area contributed by atoms with Crippen LogP contribution in [-0.2, 0) is 10.8 Å². The zero-order chi connectivity index (χ0) is 57.4. The van der Waals surface area contributed by atoms with Crippen LogP contribution in [0, 0.1) is 0 Å². The highest BCUT2D eigenvalue weighted by atomic mass is 15.3. The molecular formula is C81H57N5. The molecule has 0 fully saturated rings. The monoisotopic (exact) mass is 1100 g/mol. The van der Waals surface area contributed by atoms with Crippen LogP contribution in [0.25, 0.3) is 145 Å². The maximum Gasteiger partial charge on any atom is 0.240 e. The van der Waals surface area contributed by atoms with Crippen LogP contribution in [0.2, 0.25) is 0 Å². The van der Waals surface area contributed by atoms with E-state index >= 15 is 0 Å². The van der Waals surface area contributed by atoms with Crippen molar-refractivity contribution in [2.45, 2.75) is 38.5 Å². The molecule has 86 heavy (non-hydrogen) atoms. The molecule has 0 radical (unpaired) electrons. The predicted molar refractivity (Wildman–Crippen MR) is 356 cm³/mol. The SMILES string of the molecule is CC1(C)c2ccccc2-c2ccc(-c3ccc4c5ccccc5n(-c5nc(-c6cccc(-c7ccc(-c8ccccc8)c(-c8ccccc8)c7)c6)nc(-n6c7ccccc7c7ccc(-c8ccc9c(c8)C(C)(C)c8ccccc8-9)cc76)n5)c4c3)cc21. The van der Waals surface area contributed by atoms with Gasteiger partial charge in [-0.25, -0.2) is 0 Å². The number of fused-ring (bicyclic) bond motifs is 12. The van der Waals surface area contributed by atoms with Crippen molar-refractivity contribution in [3.63, 3.8) is 0 Å². The lowest BCUT2D eigenvalue weighted by molar-refractivity contribution is 0.660. The molecule has 0 spiro atoms. The highest BCUT2D eigenvalue weighted by Crippen LogP contribution is 2.52. The molecule has 2 aliphatic carbocycles. The molecule has 5 nitrogen and oxygen atoms in total. The molecule has 0 saturated heterocycles. The molecule has 5 heteroatoms. The fraction of sp³-hybridized carbons (Fsp3) is 0.0741. The van der Waals surface area contributed by atoms with E-state index in [-0.39, 0.29) is 10.8 Å². The van der Waals surface area contributed by atoms with E-state index in [2.05, 4.69) is 310 Å². The smallest absolute Gasteiger partial charge is 0.240 e. The third-order valence-electron chi connectivity index (χ3n) is 18.8. The maximum atomic E-state index is 5.70. The Morgan fingerprint density at radius 2 is 0.605 bits per heavy atom. The molecule has 12 aromatic carbocycles. The van der Waals surface area contributed by atoms with Crippen LogP contribution in [0.3, 0.4) is 0 Å². The second-order valence-corrected chi connectivity index (χ2v) is 24.4.